The van der Waals surface area contributed by atoms with Crippen LogP contribution in [0.15, 0.2) is 35.7 Å². The number of aromatic nitrogens is 3. The minimum atomic E-state index is -3.82. The number of halogens is 2. The van der Waals surface area contributed by atoms with Crippen molar-refractivity contribution in [3.05, 3.63) is 35.9 Å². The molecule has 0 atom stereocenters. The Bertz CT molecular complexity index is 912. The first kappa shape index (κ1) is 13.5. The molecule has 104 valence electrons. The molecule has 2 aromatic heterocycles. The standard InChI is InChI=1S/C12H9Cl2N3O2S/c1-17-5-9(16-6-17)11-8(13)3-2-7-10(20(14,18)19)4-15-12(7)11/h2-6,15H,1H3. The first-order chi connectivity index (χ1) is 9.38. The summed E-state index contributed by atoms with van der Waals surface area (Å²) in [6.07, 6.45) is 4.80. The van der Waals surface area contributed by atoms with Gasteiger partial charge in [0.25, 0.3) is 9.05 Å². The number of hydrogen-bond donors (Lipinski definition) is 1. The summed E-state index contributed by atoms with van der Waals surface area (Å²) in [7, 11) is 3.44. The van der Waals surface area contributed by atoms with Crippen LogP contribution < -0.4 is 0 Å². The molecular formula is C12H9Cl2N3O2S. The number of nitrogens with zero attached hydrogens (tertiary/aromatic N) is 2. The Morgan fingerprint density at radius 3 is 2.70 bits per heavy atom. The van der Waals surface area contributed by atoms with Crippen molar-refractivity contribution in [3.8, 4) is 11.3 Å². The molecule has 3 rings (SSSR count). The molecule has 8 heteroatoms. The van der Waals surface area contributed by atoms with Gasteiger partial charge in [-0.1, -0.05) is 11.6 Å². The molecule has 0 aliphatic rings. The molecule has 20 heavy (non-hydrogen) atoms. The summed E-state index contributed by atoms with van der Waals surface area (Å²) in [5.74, 6) is 0. The number of rotatable bonds is 2. The van der Waals surface area contributed by atoms with Crippen LogP contribution in [0.25, 0.3) is 22.2 Å². The Labute approximate surface area is 124 Å². The summed E-state index contributed by atoms with van der Waals surface area (Å²) in [5, 5.41) is 0.974. The Morgan fingerprint density at radius 2 is 2.10 bits per heavy atom. The average molecular weight is 330 g/mol. The van der Waals surface area contributed by atoms with Gasteiger partial charge in [0, 0.05) is 41.1 Å². The molecule has 2 heterocycles. The van der Waals surface area contributed by atoms with Gasteiger partial charge in [0.2, 0.25) is 0 Å². The van der Waals surface area contributed by atoms with Crippen LogP contribution >= 0.6 is 22.3 Å². The molecule has 0 aliphatic heterocycles. The summed E-state index contributed by atoms with van der Waals surface area (Å²) in [4.78, 5) is 7.19. The van der Waals surface area contributed by atoms with Gasteiger partial charge in [0.05, 0.1) is 22.6 Å². The largest absolute Gasteiger partial charge is 0.359 e. The first-order valence-electron chi connectivity index (χ1n) is 5.60. The molecule has 0 bridgehead atoms. The predicted octanol–water partition coefficient (Wildman–Crippen LogP) is 3.15. The Hall–Kier alpha value is -1.50. The molecule has 0 saturated heterocycles. The van der Waals surface area contributed by atoms with E-state index in [-0.39, 0.29) is 4.90 Å². The fourth-order valence-electron chi connectivity index (χ4n) is 2.14. The maximum Gasteiger partial charge on any atom is 0.263 e. The van der Waals surface area contributed by atoms with E-state index >= 15 is 0 Å². The quantitative estimate of drug-likeness (QED) is 0.734. The molecule has 0 amide bonds. The molecule has 0 radical (unpaired) electrons. The lowest BCUT2D eigenvalue weighted by Crippen LogP contribution is -1.88. The van der Waals surface area contributed by atoms with E-state index in [4.69, 9.17) is 22.3 Å². The van der Waals surface area contributed by atoms with Gasteiger partial charge in [0.1, 0.15) is 4.90 Å². The highest BCUT2D eigenvalue weighted by atomic mass is 35.7. The van der Waals surface area contributed by atoms with Crippen LogP contribution in [0.4, 0.5) is 0 Å². The Kier molecular flexibility index (Phi) is 3.04. The SMILES string of the molecule is Cn1cnc(-c2c(Cl)ccc3c(S(=O)(=O)Cl)c[nH]c23)c1. The summed E-state index contributed by atoms with van der Waals surface area (Å²) in [6.45, 7) is 0. The number of aromatic amines is 1. The van der Waals surface area contributed by atoms with E-state index in [1.165, 1.54) is 6.20 Å². The third-order valence-corrected chi connectivity index (χ3v) is 4.67. The fraction of sp³-hybridized carbons (Fsp3) is 0.0833. The molecule has 3 aromatic rings. The summed E-state index contributed by atoms with van der Waals surface area (Å²) in [5.41, 5.74) is 1.90. The topological polar surface area (TPSA) is 67.8 Å². The lowest BCUT2D eigenvalue weighted by Gasteiger charge is -2.03. The van der Waals surface area contributed by atoms with E-state index in [2.05, 4.69) is 9.97 Å². The van der Waals surface area contributed by atoms with E-state index in [0.717, 1.165) is 0 Å². The van der Waals surface area contributed by atoms with Crippen LogP contribution in [0.5, 0.6) is 0 Å². The van der Waals surface area contributed by atoms with E-state index in [1.54, 1.807) is 29.2 Å². The molecule has 0 aliphatic carbocycles. The lowest BCUT2D eigenvalue weighted by molar-refractivity contribution is 0.610. The second-order valence-corrected chi connectivity index (χ2v) is 7.30. The average Bonchev–Trinajstić information content (AvgIpc) is 2.94. The van der Waals surface area contributed by atoms with Crippen LogP contribution in [0.1, 0.15) is 0 Å². The number of H-pyrrole nitrogens is 1. The minimum absolute atomic E-state index is 0.0306. The van der Waals surface area contributed by atoms with Gasteiger partial charge in [-0.2, -0.15) is 0 Å². The number of benzene rings is 1. The molecule has 0 spiro atoms. The summed E-state index contributed by atoms with van der Waals surface area (Å²) < 4.78 is 24.9. The van der Waals surface area contributed by atoms with E-state index in [1.807, 2.05) is 7.05 Å². The van der Waals surface area contributed by atoms with Gasteiger partial charge in [-0.05, 0) is 12.1 Å². The highest BCUT2D eigenvalue weighted by molar-refractivity contribution is 8.14. The zero-order valence-electron chi connectivity index (χ0n) is 10.3. The first-order valence-corrected chi connectivity index (χ1v) is 8.29. The van der Waals surface area contributed by atoms with Crippen LogP contribution in [0.2, 0.25) is 5.02 Å². The van der Waals surface area contributed by atoms with Crippen molar-refractivity contribution in [2.45, 2.75) is 4.90 Å². The molecule has 0 saturated carbocycles. The molecule has 1 N–H and O–H groups in total. The number of imidazole rings is 1. The highest BCUT2D eigenvalue weighted by Gasteiger charge is 2.20. The van der Waals surface area contributed by atoms with Crippen LogP contribution in [-0.2, 0) is 16.1 Å². The van der Waals surface area contributed by atoms with Gasteiger partial charge in [0.15, 0.2) is 0 Å². The van der Waals surface area contributed by atoms with Crippen molar-refractivity contribution in [2.24, 2.45) is 7.05 Å². The molecule has 1 aromatic carbocycles. The fourth-order valence-corrected chi connectivity index (χ4v) is 3.41. The van der Waals surface area contributed by atoms with E-state index < -0.39 is 9.05 Å². The maximum atomic E-state index is 11.5. The summed E-state index contributed by atoms with van der Waals surface area (Å²) in [6, 6.07) is 3.25. The van der Waals surface area contributed by atoms with Crippen molar-refractivity contribution in [1.29, 1.82) is 0 Å². The third kappa shape index (κ3) is 2.09. The van der Waals surface area contributed by atoms with E-state index in [9.17, 15) is 8.42 Å². The lowest BCUT2D eigenvalue weighted by atomic mass is 10.1. The number of nitrogens with one attached hydrogen (secondary N) is 1. The normalized spacial score (nSPS) is 12.2. The van der Waals surface area contributed by atoms with Gasteiger partial charge < -0.3 is 9.55 Å². The number of aryl methyl sites for hydroxylation is 1. The van der Waals surface area contributed by atoms with E-state index in [0.29, 0.717) is 27.2 Å². The van der Waals surface area contributed by atoms with Crippen LogP contribution in [-0.4, -0.2) is 23.0 Å². The molecule has 0 fully saturated rings. The Balaban J connectivity index is 2.38. The molecular weight excluding hydrogens is 321 g/mol. The predicted molar refractivity (Wildman–Crippen MR) is 78.5 cm³/mol. The van der Waals surface area contributed by atoms with Gasteiger partial charge >= 0.3 is 0 Å². The highest BCUT2D eigenvalue weighted by Crippen LogP contribution is 2.36. The second-order valence-electron chi connectivity index (χ2n) is 4.36. The number of fused-ring (bicyclic) bond motifs is 1. The minimum Gasteiger partial charge on any atom is -0.359 e. The van der Waals surface area contributed by atoms with Gasteiger partial charge in [-0.3, -0.25) is 0 Å². The Morgan fingerprint density at radius 1 is 1.35 bits per heavy atom. The molecule has 0 unspecified atom stereocenters. The summed E-state index contributed by atoms with van der Waals surface area (Å²) >= 11 is 6.22. The number of hydrogen-bond acceptors (Lipinski definition) is 3. The van der Waals surface area contributed by atoms with Gasteiger partial charge in [-0.25, -0.2) is 13.4 Å². The van der Waals surface area contributed by atoms with Crippen LogP contribution in [0, 0.1) is 0 Å². The second kappa shape index (κ2) is 4.51. The molecule has 5 nitrogen and oxygen atoms in total. The zero-order valence-corrected chi connectivity index (χ0v) is 12.6. The van der Waals surface area contributed by atoms with Crippen LogP contribution in [0.3, 0.4) is 0 Å². The van der Waals surface area contributed by atoms with Crippen molar-refractivity contribution >= 4 is 42.2 Å². The third-order valence-electron chi connectivity index (χ3n) is 2.99. The zero-order chi connectivity index (χ0) is 14.5. The van der Waals surface area contributed by atoms with Crippen molar-refractivity contribution in [2.75, 3.05) is 0 Å². The maximum absolute atomic E-state index is 11.5. The van der Waals surface area contributed by atoms with Gasteiger partial charge in [-0.15, -0.1) is 0 Å². The monoisotopic (exact) mass is 329 g/mol. The smallest absolute Gasteiger partial charge is 0.263 e. The van der Waals surface area contributed by atoms with Crippen molar-refractivity contribution in [1.82, 2.24) is 14.5 Å². The van der Waals surface area contributed by atoms with Crippen molar-refractivity contribution in [3.63, 3.8) is 0 Å². The van der Waals surface area contributed by atoms with Crippen molar-refractivity contribution < 1.29 is 8.42 Å².